The third kappa shape index (κ3) is 3.01. The highest BCUT2D eigenvalue weighted by atomic mass is 35.5. The van der Waals surface area contributed by atoms with Gasteiger partial charge in [-0.15, -0.1) is 0 Å². The first-order valence-electron chi connectivity index (χ1n) is 5.97. The minimum atomic E-state index is -0.512. The molecule has 0 radical (unpaired) electrons. The normalized spacial score (nSPS) is 18.1. The van der Waals surface area contributed by atoms with Crippen LogP contribution in [0.15, 0.2) is 29.4 Å². The summed E-state index contributed by atoms with van der Waals surface area (Å²) in [7, 11) is 0. The number of carbonyl (C=O) groups is 1. The van der Waals surface area contributed by atoms with Gasteiger partial charge in [-0.25, -0.2) is 0 Å². The van der Waals surface area contributed by atoms with Crippen molar-refractivity contribution >= 4 is 23.2 Å². The van der Waals surface area contributed by atoms with Crippen LogP contribution in [0, 0.1) is 0 Å². The second-order valence-corrected chi connectivity index (χ2v) is 4.57. The zero-order chi connectivity index (χ0) is 13.0. The lowest BCUT2D eigenvalue weighted by Crippen LogP contribution is -2.35. The fraction of sp³-hybridized carbons (Fsp3) is 0.385. The number of oxime groups is 1. The molecule has 1 aromatic rings. The monoisotopic (exact) mass is 266 g/mol. The molecule has 1 aliphatic heterocycles. The average molecular weight is 267 g/mol. The van der Waals surface area contributed by atoms with Crippen LogP contribution in [0.3, 0.4) is 0 Å². The summed E-state index contributed by atoms with van der Waals surface area (Å²) < 4.78 is 0. The lowest BCUT2D eigenvalue weighted by atomic mass is 10.0. The van der Waals surface area contributed by atoms with E-state index in [1.165, 1.54) is 0 Å². The highest BCUT2D eigenvalue weighted by Gasteiger charge is 2.28. The second kappa shape index (κ2) is 5.87. The Balaban J connectivity index is 1.95. The Labute approximate surface area is 111 Å². The van der Waals surface area contributed by atoms with Crippen molar-refractivity contribution in [1.82, 2.24) is 5.32 Å². The van der Waals surface area contributed by atoms with Crippen molar-refractivity contribution in [3.8, 4) is 0 Å². The summed E-state index contributed by atoms with van der Waals surface area (Å²) in [5, 5.41) is 7.43. The van der Waals surface area contributed by atoms with Gasteiger partial charge in [0.05, 0.1) is 5.71 Å². The van der Waals surface area contributed by atoms with Crippen molar-refractivity contribution in [3.63, 3.8) is 0 Å². The topological polar surface area (TPSA) is 50.7 Å². The number of hydrogen-bond donors (Lipinski definition) is 1. The minimum Gasteiger partial charge on any atom is -0.382 e. The van der Waals surface area contributed by atoms with Gasteiger partial charge in [0, 0.05) is 18.0 Å². The van der Waals surface area contributed by atoms with Crippen LogP contribution in [0.2, 0.25) is 5.02 Å². The third-order valence-corrected chi connectivity index (χ3v) is 2.94. The van der Waals surface area contributed by atoms with Crippen LogP contribution in [0.1, 0.15) is 25.3 Å². The molecule has 2 rings (SSSR count). The van der Waals surface area contributed by atoms with Crippen LogP contribution >= 0.6 is 11.6 Å². The first kappa shape index (κ1) is 12.9. The highest BCUT2D eigenvalue weighted by Crippen LogP contribution is 2.18. The van der Waals surface area contributed by atoms with Crippen LogP contribution in [-0.2, 0) is 9.63 Å². The maximum absolute atomic E-state index is 11.7. The van der Waals surface area contributed by atoms with Crippen molar-refractivity contribution in [3.05, 3.63) is 34.9 Å². The first-order valence-corrected chi connectivity index (χ1v) is 6.35. The Kier molecular flexibility index (Phi) is 4.20. The maximum atomic E-state index is 11.7. The van der Waals surface area contributed by atoms with E-state index >= 15 is 0 Å². The molecule has 1 heterocycles. The van der Waals surface area contributed by atoms with Gasteiger partial charge in [-0.05, 0) is 24.1 Å². The van der Waals surface area contributed by atoms with Crippen molar-refractivity contribution in [2.75, 3.05) is 6.54 Å². The van der Waals surface area contributed by atoms with Crippen LogP contribution in [0.5, 0.6) is 0 Å². The number of benzene rings is 1. The van der Waals surface area contributed by atoms with E-state index in [-0.39, 0.29) is 5.91 Å². The largest absolute Gasteiger partial charge is 0.382 e. The van der Waals surface area contributed by atoms with Crippen LogP contribution in [0.4, 0.5) is 0 Å². The van der Waals surface area contributed by atoms with E-state index in [0.29, 0.717) is 18.0 Å². The standard InChI is InChI=1S/C13H15ClN2O2/c1-2-7-15-13(17)12-8-11(16-18-12)9-3-5-10(14)6-4-9/h3-6,12H,2,7-8H2,1H3,(H,15,17)/t12-/m0/s1. The quantitative estimate of drug-likeness (QED) is 0.910. The van der Waals surface area contributed by atoms with Gasteiger partial charge in [-0.3, -0.25) is 4.79 Å². The van der Waals surface area contributed by atoms with E-state index in [2.05, 4.69) is 10.5 Å². The lowest BCUT2D eigenvalue weighted by Gasteiger charge is -2.08. The SMILES string of the molecule is CCCNC(=O)[C@@H]1CC(c2ccc(Cl)cc2)=NO1. The number of amides is 1. The molecule has 0 unspecified atom stereocenters. The fourth-order valence-corrected chi connectivity index (χ4v) is 1.82. The number of halogens is 1. The molecule has 0 bridgehead atoms. The van der Waals surface area contributed by atoms with Crippen LogP contribution in [-0.4, -0.2) is 24.3 Å². The van der Waals surface area contributed by atoms with E-state index in [1.54, 1.807) is 12.1 Å². The zero-order valence-corrected chi connectivity index (χ0v) is 10.9. The van der Waals surface area contributed by atoms with Crippen LogP contribution < -0.4 is 5.32 Å². The molecule has 0 saturated carbocycles. The number of nitrogens with one attached hydrogen (secondary N) is 1. The second-order valence-electron chi connectivity index (χ2n) is 4.13. The molecule has 1 atom stereocenters. The predicted molar refractivity (Wildman–Crippen MR) is 70.8 cm³/mol. The molecular weight excluding hydrogens is 252 g/mol. The molecule has 5 heteroatoms. The molecule has 18 heavy (non-hydrogen) atoms. The summed E-state index contributed by atoms with van der Waals surface area (Å²) in [4.78, 5) is 16.9. The number of nitrogens with zero attached hydrogens (tertiary/aromatic N) is 1. The van der Waals surface area contributed by atoms with E-state index < -0.39 is 6.10 Å². The van der Waals surface area contributed by atoms with Crippen molar-refractivity contribution in [2.24, 2.45) is 5.16 Å². The molecule has 1 amide bonds. The summed E-state index contributed by atoms with van der Waals surface area (Å²) >= 11 is 5.82. The minimum absolute atomic E-state index is 0.107. The summed E-state index contributed by atoms with van der Waals surface area (Å²) in [5.74, 6) is -0.107. The molecular formula is C13H15ClN2O2. The molecule has 96 valence electrons. The van der Waals surface area contributed by atoms with Gasteiger partial charge in [0.15, 0.2) is 0 Å². The Bertz CT molecular complexity index is 457. The molecule has 0 aliphatic carbocycles. The molecule has 0 aromatic heterocycles. The maximum Gasteiger partial charge on any atom is 0.264 e. The van der Waals surface area contributed by atoms with Gasteiger partial charge in [0.1, 0.15) is 0 Å². The smallest absolute Gasteiger partial charge is 0.264 e. The van der Waals surface area contributed by atoms with Crippen molar-refractivity contribution in [2.45, 2.75) is 25.9 Å². The zero-order valence-electron chi connectivity index (χ0n) is 10.1. The molecule has 1 aromatic carbocycles. The van der Waals surface area contributed by atoms with E-state index in [0.717, 1.165) is 17.7 Å². The Morgan fingerprint density at radius 1 is 1.50 bits per heavy atom. The predicted octanol–water partition coefficient (Wildman–Crippen LogP) is 2.36. The van der Waals surface area contributed by atoms with E-state index in [9.17, 15) is 4.79 Å². The van der Waals surface area contributed by atoms with E-state index in [1.807, 2.05) is 19.1 Å². The van der Waals surface area contributed by atoms with Gasteiger partial charge in [0.2, 0.25) is 6.10 Å². The van der Waals surface area contributed by atoms with Crippen molar-refractivity contribution in [1.29, 1.82) is 0 Å². The van der Waals surface area contributed by atoms with Gasteiger partial charge in [-0.2, -0.15) is 0 Å². The lowest BCUT2D eigenvalue weighted by molar-refractivity contribution is -0.131. The molecule has 4 nitrogen and oxygen atoms in total. The molecule has 1 N–H and O–H groups in total. The highest BCUT2D eigenvalue weighted by molar-refractivity contribution is 6.30. The van der Waals surface area contributed by atoms with Gasteiger partial charge in [-0.1, -0.05) is 35.8 Å². The Morgan fingerprint density at radius 2 is 2.22 bits per heavy atom. The van der Waals surface area contributed by atoms with Crippen LogP contribution in [0.25, 0.3) is 0 Å². The summed E-state index contributed by atoms with van der Waals surface area (Å²) in [6, 6.07) is 7.33. The summed E-state index contributed by atoms with van der Waals surface area (Å²) in [6.07, 6.45) is 0.891. The fourth-order valence-electron chi connectivity index (χ4n) is 1.69. The number of rotatable bonds is 4. The Hall–Kier alpha value is -1.55. The summed E-state index contributed by atoms with van der Waals surface area (Å²) in [6.45, 7) is 2.67. The van der Waals surface area contributed by atoms with Gasteiger partial charge in [0.25, 0.3) is 5.91 Å². The molecule has 0 fully saturated rings. The number of hydrogen-bond acceptors (Lipinski definition) is 3. The molecule has 0 saturated heterocycles. The van der Waals surface area contributed by atoms with Gasteiger partial charge >= 0.3 is 0 Å². The first-order chi connectivity index (χ1) is 8.70. The van der Waals surface area contributed by atoms with Gasteiger partial charge < -0.3 is 10.2 Å². The molecule has 1 aliphatic rings. The number of carbonyl (C=O) groups excluding carboxylic acids is 1. The Morgan fingerprint density at radius 3 is 2.89 bits per heavy atom. The van der Waals surface area contributed by atoms with Crippen molar-refractivity contribution < 1.29 is 9.63 Å². The van der Waals surface area contributed by atoms with E-state index in [4.69, 9.17) is 16.4 Å². The summed E-state index contributed by atoms with van der Waals surface area (Å²) in [5.41, 5.74) is 1.72. The average Bonchev–Trinajstić information content (AvgIpc) is 2.86. The molecule has 0 spiro atoms. The third-order valence-electron chi connectivity index (χ3n) is 2.69.